The number of benzene rings is 1. The van der Waals surface area contributed by atoms with Crippen molar-refractivity contribution in [3.05, 3.63) is 34.9 Å². The predicted octanol–water partition coefficient (Wildman–Crippen LogP) is 1.34. The van der Waals surface area contributed by atoms with Crippen LogP contribution < -0.4 is 5.32 Å². The Morgan fingerprint density at radius 2 is 2.23 bits per heavy atom. The smallest absolute Gasteiger partial charge is 0.251 e. The number of hydrogen-bond donors (Lipinski definition) is 1. The molecule has 0 unspecified atom stereocenters. The number of amides is 1. The summed E-state index contributed by atoms with van der Waals surface area (Å²) in [6.07, 6.45) is 5.28. The van der Waals surface area contributed by atoms with E-state index in [0.29, 0.717) is 5.56 Å². The Morgan fingerprint density at radius 1 is 1.54 bits per heavy atom. The molecule has 0 heterocycles. The zero-order valence-corrected chi connectivity index (χ0v) is 7.72. The highest BCUT2D eigenvalue weighted by Crippen LogP contribution is 2.09. The summed E-state index contributed by atoms with van der Waals surface area (Å²) in [5.41, 5.74) is 2.37. The van der Waals surface area contributed by atoms with Crippen LogP contribution in [0.5, 0.6) is 0 Å². The van der Waals surface area contributed by atoms with Crippen LogP contribution in [0, 0.1) is 19.3 Å². The van der Waals surface area contributed by atoms with Crippen LogP contribution in [-0.4, -0.2) is 13.0 Å². The summed E-state index contributed by atoms with van der Waals surface area (Å²) in [4.78, 5) is 11.2. The molecule has 0 aliphatic rings. The molecule has 0 atom stereocenters. The lowest BCUT2D eigenvalue weighted by Gasteiger charge is -2.02. The quantitative estimate of drug-likeness (QED) is 0.638. The van der Waals surface area contributed by atoms with Crippen molar-refractivity contribution in [1.82, 2.24) is 5.32 Å². The van der Waals surface area contributed by atoms with Crippen LogP contribution in [0.3, 0.4) is 0 Å². The first-order chi connectivity index (χ1) is 6.19. The number of hydrogen-bond acceptors (Lipinski definition) is 1. The van der Waals surface area contributed by atoms with Crippen LogP contribution in [0.15, 0.2) is 18.2 Å². The molecule has 0 saturated heterocycles. The maximum absolute atomic E-state index is 11.2. The molecule has 1 N–H and O–H groups in total. The van der Waals surface area contributed by atoms with Gasteiger partial charge < -0.3 is 5.32 Å². The van der Waals surface area contributed by atoms with Crippen molar-refractivity contribution in [1.29, 1.82) is 0 Å². The highest BCUT2D eigenvalue weighted by Gasteiger charge is 2.04. The Balaban J connectivity index is 3.15. The Labute approximate surface area is 78.0 Å². The highest BCUT2D eigenvalue weighted by atomic mass is 16.1. The average Bonchev–Trinajstić information content (AvgIpc) is 2.17. The van der Waals surface area contributed by atoms with Crippen molar-refractivity contribution in [3.63, 3.8) is 0 Å². The lowest BCUT2D eigenvalue weighted by molar-refractivity contribution is 0.0963. The number of nitrogens with one attached hydrogen (secondary N) is 1. The molecule has 0 aliphatic carbocycles. The fraction of sp³-hybridized carbons (Fsp3) is 0.182. The molecule has 0 aromatic heterocycles. The van der Waals surface area contributed by atoms with Crippen LogP contribution in [0.25, 0.3) is 0 Å². The predicted molar refractivity (Wildman–Crippen MR) is 52.5 cm³/mol. The average molecular weight is 173 g/mol. The molecular weight excluding hydrogens is 162 g/mol. The molecular formula is C11H11NO. The SMILES string of the molecule is C#Cc1cc(C(=O)NC)ccc1C. The molecule has 1 aromatic carbocycles. The number of carbonyl (C=O) groups is 1. The van der Waals surface area contributed by atoms with Crippen molar-refractivity contribution in [2.24, 2.45) is 0 Å². The number of carbonyl (C=O) groups excluding carboxylic acids is 1. The minimum absolute atomic E-state index is 0.114. The molecule has 1 amide bonds. The van der Waals surface area contributed by atoms with Gasteiger partial charge in [0.15, 0.2) is 0 Å². The molecule has 0 aliphatic heterocycles. The Kier molecular flexibility index (Phi) is 2.71. The van der Waals surface area contributed by atoms with Gasteiger partial charge in [0.2, 0.25) is 0 Å². The molecule has 66 valence electrons. The number of aryl methyl sites for hydroxylation is 1. The zero-order chi connectivity index (χ0) is 9.84. The standard InChI is InChI=1S/C11H11NO/c1-4-9-7-10(11(13)12-3)6-5-8(9)2/h1,5-7H,2-3H3,(H,12,13). The lowest BCUT2D eigenvalue weighted by Crippen LogP contribution is -2.17. The summed E-state index contributed by atoms with van der Waals surface area (Å²) in [5.74, 6) is 2.42. The van der Waals surface area contributed by atoms with Gasteiger partial charge in [0.1, 0.15) is 0 Å². The van der Waals surface area contributed by atoms with Gasteiger partial charge in [-0.3, -0.25) is 4.79 Å². The first kappa shape index (κ1) is 9.34. The van der Waals surface area contributed by atoms with Gasteiger partial charge in [0, 0.05) is 18.2 Å². The van der Waals surface area contributed by atoms with E-state index in [1.54, 1.807) is 19.2 Å². The van der Waals surface area contributed by atoms with Crippen LogP contribution in [0.2, 0.25) is 0 Å². The number of rotatable bonds is 1. The van der Waals surface area contributed by atoms with E-state index in [1.807, 2.05) is 13.0 Å². The monoisotopic (exact) mass is 173 g/mol. The van der Waals surface area contributed by atoms with Gasteiger partial charge in [0.05, 0.1) is 0 Å². The minimum atomic E-state index is -0.114. The third kappa shape index (κ3) is 1.88. The zero-order valence-electron chi connectivity index (χ0n) is 7.72. The summed E-state index contributed by atoms with van der Waals surface area (Å²) in [7, 11) is 1.59. The molecule has 0 bridgehead atoms. The van der Waals surface area contributed by atoms with E-state index in [1.165, 1.54) is 0 Å². The molecule has 0 spiro atoms. The van der Waals surface area contributed by atoms with Gasteiger partial charge in [-0.2, -0.15) is 0 Å². The van der Waals surface area contributed by atoms with Crippen molar-refractivity contribution in [2.45, 2.75) is 6.92 Å². The van der Waals surface area contributed by atoms with E-state index in [2.05, 4.69) is 11.2 Å². The van der Waals surface area contributed by atoms with Crippen LogP contribution in [-0.2, 0) is 0 Å². The summed E-state index contributed by atoms with van der Waals surface area (Å²) in [5, 5.41) is 2.54. The van der Waals surface area contributed by atoms with Crippen molar-refractivity contribution in [2.75, 3.05) is 7.05 Å². The minimum Gasteiger partial charge on any atom is -0.355 e. The summed E-state index contributed by atoms with van der Waals surface area (Å²) < 4.78 is 0. The van der Waals surface area contributed by atoms with Crippen molar-refractivity contribution >= 4 is 5.91 Å². The van der Waals surface area contributed by atoms with Gasteiger partial charge >= 0.3 is 0 Å². The van der Waals surface area contributed by atoms with E-state index in [-0.39, 0.29) is 5.91 Å². The molecule has 0 saturated carbocycles. The Morgan fingerprint density at radius 3 is 2.77 bits per heavy atom. The second-order valence-electron chi connectivity index (χ2n) is 2.75. The highest BCUT2D eigenvalue weighted by molar-refractivity contribution is 5.94. The molecule has 1 rings (SSSR count). The van der Waals surface area contributed by atoms with Crippen LogP contribution in [0.4, 0.5) is 0 Å². The largest absolute Gasteiger partial charge is 0.355 e. The Hall–Kier alpha value is -1.75. The molecule has 0 fully saturated rings. The van der Waals surface area contributed by atoms with Crippen molar-refractivity contribution in [3.8, 4) is 12.3 Å². The van der Waals surface area contributed by atoms with Gasteiger partial charge in [-0.1, -0.05) is 12.0 Å². The maximum Gasteiger partial charge on any atom is 0.251 e. The van der Waals surface area contributed by atoms with Crippen LogP contribution in [0.1, 0.15) is 21.5 Å². The second-order valence-corrected chi connectivity index (χ2v) is 2.75. The fourth-order valence-electron chi connectivity index (χ4n) is 1.06. The van der Waals surface area contributed by atoms with E-state index >= 15 is 0 Å². The normalized spacial score (nSPS) is 9.00. The topological polar surface area (TPSA) is 29.1 Å². The summed E-state index contributed by atoms with van der Waals surface area (Å²) in [6, 6.07) is 5.32. The van der Waals surface area contributed by atoms with Crippen molar-refractivity contribution < 1.29 is 4.79 Å². The van der Waals surface area contributed by atoms with Gasteiger partial charge in [0.25, 0.3) is 5.91 Å². The molecule has 1 aromatic rings. The molecule has 2 nitrogen and oxygen atoms in total. The van der Waals surface area contributed by atoms with E-state index in [9.17, 15) is 4.79 Å². The summed E-state index contributed by atoms with van der Waals surface area (Å²) >= 11 is 0. The van der Waals surface area contributed by atoms with Gasteiger partial charge in [-0.05, 0) is 24.6 Å². The summed E-state index contributed by atoms with van der Waals surface area (Å²) in [6.45, 7) is 1.92. The second kappa shape index (κ2) is 3.77. The lowest BCUT2D eigenvalue weighted by atomic mass is 10.1. The first-order valence-corrected chi connectivity index (χ1v) is 3.98. The molecule has 0 radical (unpaired) electrons. The molecule has 13 heavy (non-hydrogen) atoms. The van der Waals surface area contributed by atoms with E-state index < -0.39 is 0 Å². The number of terminal acetylenes is 1. The fourth-order valence-corrected chi connectivity index (χ4v) is 1.06. The van der Waals surface area contributed by atoms with E-state index in [4.69, 9.17) is 6.42 Å². The van der Waals surface area contributed by atoms with E-state index in [0.717, 1.165) is 11.1 Å². The molecule has 2 heteroatoms. The van der Waals surface area contributed by atoms with Gasteiger partial charge in [-0.25, -0.2) is 0 Å². The van der Waals surface area contributed by atoms with Crippen LogP contribution >= 0.6 is 0 Å². The maximum atomic E-state index is 11.2. The Bertz CT molecular complexity index is 374. The first-order valence-electron chi connectivity index (χ1n) is 3.98. The third-order valence-electron chi connectivity index (χ3n) is 1.88. The third-order valence-corrected chi connectivity index (χ3v) is 1.88. The van der Waals surface area contributed by atoms with Gasteiger partial charge in [-0.15, -0.1) is 6.42 Å².